The minimum absolute atomic E-state index is 0.394. The molecule has 2 heteroatoms. The number of rotatable bonds is 5. The molecular weight excluding hydrogens is 250 g/mol. The van der Waals surface area contributed by atoms with Crippen molar-refractivity contribution in [3.63, 3.8) is 0 Å². The van der Waals surface area contributed by atoms with Gasteiger partial charge in [0.15, 0.2) is 0 Å². The molecule has 2 rings (SSSR count). The van der Waals surface area contributed by atoms with E-state index in [1.54, 1.807) is 0 Å². The highest BCUT2D eigenvalue weighted by molar-refractivity contribution is 7.99. The fraction of sp³-hybridized carbons (Fsp3) is 0.294. The summed E-state index contributed by atoms with van der Waals surface area (Å²) >= 11 is 1.90. The molecule has 1 unspecified atom stereocenters. The Balaban J connectivity index is 2.08. The van der Waals surface area contributed by atoms with Crippen LogP contribution in [0.4, 0.5) is 0 Å². The standard InChI is InChI=1S/C17H21NS/c1-13-9-10-16(14(2)11-13)17(18-3)12-19-15-7-5-4-6-8-15/h4-11,17-18H,12H2,1-3H3. The molecule has 1 N–H and O–H groups in total. The highest BCUT2D eigenvalue weighted by atomic mass is 32.2. The summed E-state index contributed by atoms with van der Waals surface area (Å²) in [7, 11) is 2.04. The molecule has 0 heterocycles. The smallest absolute Gasteiger partial charge is 0.0415 e. The quantitative estimate of drug-likeness (QED) is 0.811. The number of hydrogen-bond acceptors (Lipinski definition) is 2. The number of hydrogen-bond donors (Lipinski definition) is 1. The van der Waals surface area contributed by atoms with Crippen LogP contribution in [0, 0.1) is 13.8 Å². The number of aryl methyl sites for hydroxylation is 2. The van der Waals surface area contributed by atoms with Crippen molar-refractivity contribution in [3.05, 3.63) is 65.2 Å². The van der Waals surface area contributed by atoms with E-state index in [-0.39, 0.29) is 0 Å². The van der Waals surface area contributed by atoms with Gasteiger partial charge in [-0.1, -0.05) is 42.0 Å². The van der Waals surface area contributed by atoms with Crippen LogP contribution in [0.15, 0.2) is 53.4 Å². The minimum Gasteiger partial charge on any atom is -0.312 e. The van der Waals surface area contributed by atoms with Crippen molar-refractivity contribution >= 4 is 11.8 Å². The highest BCUT2D eigenvalue weighted by Crippen LogP contribution is 2.26. The molecule has 0 aliphatic heterocycles. The molecule has 0 bridgehead atoms. The van der Waals surface area contributed by atoms with Crippen molar-refractivity contribution in [2.24, 2.45) is 0 Å². The average Bonchev–Trinajstić information content (AvgIpc) is 2.42. The van der Waals surface area contributed by atoms with Gasteiger partial charge in [-0.05, 0) is 44.2 Å². The molecule has 0 aliphatic rings. The van der Waals surface area contributed by atoms with E-state index in [0.29, 0.717) is 6.04 Å². The second kappa shape index (κ2) is 6.78. The molecule has 0 amide bonds. The molecule has 0 aliphatic carbocycles. The van der Waals surface area contributed by atoms with Crippen molar-refractivity contribution in [2.45, 2.75) is 24.8 Å². The Morgan fingerprint density at radius 3 is 2.42 bits per heavy atom. The predicted octanol–water partition coefficient (Wildman–Crippen LogP) is 4.36. The zero-order valence-electron chi connectivity index (χ0n) is 11.8. The van der Waals surface area contributed by atoms with Crippen molar-refractivity contribution in [2.75, 3.05) is 12.8 Å². The fourth-order valence-electron chi connectivity index (χ4n) is 2.24. The minimum atomic E-state index is 0.394. The van der Waals surface area contributed by atoms with E-state index in [2.05, 4.69) is 67.7 Å². The largest absolute Gasteiger partial charge is 0.312 e. The van der Waals surface area contributed by atoms with Gasteiger partial charge in [0.1, 0.15) is 0 Å². The number of nitrogens with one attached hydrogen (secondary N) is 1. The fourth-order valence-corrected chi connectivity index (χ4v) is 3.30. The summed E-state index contributed by atoms with van der Waals surface area (Å²) in [5.74, 6) is 1.05. The lowest BCUT2D eigenvalue weighted by atomic mass is 10.0. The Bertz CT molecular complexity index is 522. The van der Waals surface area contributed by atoms with E-state index in [9.17, 15) is 0 Å². The molecule has 19 heavy (non-hydrogen) atoms. The van der Waals surface area contributed by atoms with Crippen molar-refractivity contribution < 1.29 is 0 Å². The van der Waals surface area contributed by atoms with Crippen LogP contribution >= 0.6 is 11.8 Å². The van der Waals surface area contributed by atoms with Crippen LogP contribution in [0.2, 0.25) is 0 Å². The van der Waals surface area contributed by atoms with Crippen LogP contribution in [-0.4, -0.2) is 12.8 Å². The van der Waals surface area contributed by atoms with E-state index >= 15 is 0 Å². The summed E-state index contributed by atoms with van der Waals surface area (Å²) in [6.07, 6.45) is 0. The SMILES string of the molecule is CNC(CSc1ccccc1)c1ccc(C)cc1C. The summed E-state index contributed by atoms with van der Waals surface area (Å²) in [6.45, 7) is 4.34. The normalized spacial score (nSPS) is 12.4. The maximum atomic E-state index is 3.43. The van der Waals surface area contributed by atoms with Gasteiger partial charge in [0.05, 0.1) is 0 Å². The zero-order valence-corrected chi connectivity index (χ0v) is 12.6. The molecule has 0 radical (unpaired) electrons. The summed E-state index contributed by atoms with van der Waals surface area (Å²) < 4.78 is 0. The maximum absolute atomic E-state index is 3.43. The zero-order chi connectivity index (χ0) is 13.7. The van der Waals surface area contributed by atoms with Gasteiger partial charge >= 0.3 is 0 Å². The Hall–Kier alpha value is -1.25. The highest BCUT2D eigenvalue weighted by Gasteiger charge is 2.12. The summed E-state index contributed by atoms with van der Waals surface area (Å²) in [4.78, 5) is 1.33. The van der Waals surface area contributed by atoms with Crippen molar-refractivity contribution in [3.8, 4) is 0 Å². The Labute approximate surface area is 120 Å². The third-order valence-corrected chi connectivity index (χ3v) is 4.41. The average molecular weight is 271 g/mol. The monoisotopic (exact) mass is 271 g/mol. The molecule has 0 aromatic heterocycles. The third-order valence-electron chi connectivity index (χ3n) is 3.31. The summed E-state index contributed by atoms with van der Waals surface area (Å²) in [6, 6.07) is 17.7. The van der Waals surface area contributed by atoms with E-state index in [4.69, 9.17) is 0 Å². The molecule has 0 saturated carbocycles. The summed E-state index contributed by atoms with van der Waals surface area (Å²) in [5, 5.41) is 3.43. The Morgan fingerprint density at radius 1 is 1.05 bits per heavy atom. The molecule has 0 fully saturated rings. The molecule has 1 nitrogen and oxygen atoms in total. The van der Waals surface area contributed by atoms with Crippen molar-refractivity contribution in [1.29, 1.82) is 0 Å². The van der Waals surface area contributed by atoms with Gasteiger partial charge in [-0.25, -0.2) is 0 Å². The Morgan fingerprint density at radius 2 is 1.79 bits per heavy atom. The molecule has 2 aromatic rings. The maximum Gasteiger partial charge on any atom is 0.0415 e. The van der Waals surface area contributed by atoms with Gasteiger partial charge in [-0.3, -0.25) is 0 Å². The van der Waals surface area contributed by atoms with Crippen LogP contribution < -0.4 is 5.32 Å². The van der Waals surface area contributed by atoms with Gasteiger partial charge in [0.2, 0.25) is 0 Å². The van der Waals surface area contributed by atoms with E-state index in [1.807, 2.05) is 18.8 Å². The number of thioether (sulfide) groups is 1. The van der Waals surface area contributed by atoms with E-state index < -0.39 is 0 Å². The van der Waals surface area contributed by atoms with Gasteiger partial charge in [-0.2, -0.15) is 0 Å². The van der Waals surface area contributed by atoms with Gasteiger partial charge in [-0.15, -0.1) is 11.8 Å². The molecule has 100 valence electrons. The van der Waals surface area contributed by atoms with Crippen LogP contribution in [0.3, 0.4) is 0 Å². The van der Waals surface area contributed by atoms with Gasteiger partial charge in [0.25, 0.3) is 0 Å². The van der Waals surface area contributed by atoms with E-state index in [0.717, 1.165) is 5.75 Å². The topological polar surface area (TPSA) is 12.0 Å². The molecular formula is C17H21NS. The lowest BCUT2D eigenvalue weighted by molar-refractivity contribution is 0.657. The third kappa shape index (κ3) is 3.85. The molecule has 1 atom stereocenters. The van der Waals surface area contributed by atoms with Crippen LogP contribution in [0.1, 0.15) is 22.7 Å². The first-order chi connectivity index (χ1) is 9.20. The predicted molar refractivity (Wildman–Crippen MR) is 84.9 cm³/mol. The first kappa shape index (κ1) is 14.2. The lowest BCUT2D eigenvalue weighted by Gasteiger charge is -2.19. The van der Waals surface area contributed by atoms with Gasteiger partial charge < -0.3 is 5.32 Å². The second-order valence-corrected chi connectivity index (χ2v) is 5.92. The van der Waals surface area contributed by atoms with Gasteiger partial charge in [0, 0.05) is 16.7 Å². The van der Waals surface area contributed by atoms with E-state index in [1.165, 1.54) is 21.6 Å². The van der Waals surface area contributed by atoms with Crippen LogP contribution in [0.5, 0.6) is 0 Å². The lowest BCUT2D eigenvalue weighted by Crippen LogP contribution is -2.19. The first-order valence-electron chi connectivity index (χ1n) is 6.63. The van der Waals surface area contributed by atoms with Crippen LogP contribution in [0.25, 0.3) is 0 Å². The molecule has 0 saturated heterocycles. The number of benzene rings is 2. The molecule has 2 aromatic carbocycles. The summed E-state index contributed by atoms with van der Waals surface area (Å²) in [5.41, 5.74) is 4.09. The molecule has 0 spiro atoms. The van der Waals surface area contributed by atoms with Crippen LogP contribution in [-0.2, 0) is 0 Å². The Kier molecular flexibility index (Phi) is 5.06. The first-order valence-corrected chi connectivity index (χ1v) is 7.61. The second-order valence-electron chi connectivity index (χ2n) is 4.83. The van der Waals surface area contributed by atoms with Crippen molar-refractivity contribution in [1.82, 2.24) is 5.32 Å².